The summed E-state index contributed by atoms with van der Waals surface area (Å²) in [5.74, 6) is 0.410. The lowest BCUT2D eigenvalue weighted by molar-refractivity contribution is 0.0139. The summed E-state index contributed by atoms with van der Waals surface area (Å²) in [4.78, 5) is 26.9. The Hall–Kier alpha value is -2.97. The molecule has 0 atom stereocenters. The molecule has 2 aromatic rings. The number of nitrogens with one attached hydrogen (secondary N) is 1. The zero-order chi connectivity index (χ0) is 19.2. The normalized spacial score (nSPS) is 18.3. The molecular weight excluding hydrogens is 348 g/mol. The first kappa shape index (κ1) is 17.4. The molecule has 1 spiro atoms. The van der Waals surface area contributed by atoms with Crippen molar-refractivity contribution < 1.29 is 14.3 Å². The summed E-state index contributed by atoms with van der Waals surface area (Å²) in [6, 6.07) is 7.24. The molecule has 0 aliphatic carbocycles. The highest BCUT2D eigenvalue weighted by atomic mass is 16.6. The predicted molar refractivity (Wildman–Crippen MR) is 95.3 cm³/mol. The quantitative estimate of drug-likeness (QED) is 0.756. The van der Waals surface area contributed by atoms with Gasteiger partial charge < -0.3 is 15.0 Å². The van der Waals surface area contributed by atoms with Crippen LogP contribution in [0.5, 0.6) is 0 Å². The van der Waals surface area contributed by atoms with E-state index < -0.39 is 11.1 Å². The van der Waals surface area contributed by atoms with Gasteiger partial charge in [-0.05, 0) is 56.2 Å². The van der Waals surface area contributed by atoms with E-state index in [2.05, 4.69) is 20.8 Å². The number of carbonyl (C=O) groups is 2. The van der Waals surface area contributed by atoms with Gasteiger partial charge in [-0.2, -0.15) is 4.68 Å². The van der Waals surface area contributed by atoms with Gasteiger partial charge in [0, 0.05) is 13.1 Å². The van der Waals surface area contributed by atoms with Gasteiger partial charge in [-0.1, -0.05) is 12.1 Å². The number of rotatable bonds is 0. The van der Waals surface area contributed by atoms with E-state index in [1.165, 1.54) is 0 Å². The van der Waals surface area contributed by atoms with Crippen LogP contribution in [0.15, 0.2) is 24.3 Å². The zero-order valence-corrected chi connectivity index (χ0v) is 15.6. The van der Waals surface area contributed by atoms with Crippen LogP contribution in [0.25, 0.3) is 5.69 Å². The lowest BCUT2D eigenvalue weighted by atomic mass is 9.86. The third kappa shape index (κ3) is 3.02. The van der Waals surface area contributed by atoms with Gasteiger partial charge in [0.25, 0.3) is 5.91 Å². The zero-order valence-electron chi connectivity index (χ0n) is 15.6. The number of para-hydroxylation sites is 1. The Morgan fingerprint density at radius 2 is 1.93 bits per heavy atom. The molecule has 1 fully saturated rings. The molecule has 2 amide bonds. The van der Waals surface area contributed by atoms with Crippen LogP contribution in [-0.4, -0.2) is 55.8 Å². The molecule has 0 radical (unpaired) electrons. The number of likely N-dealkylation sites (tertiary alicyclic amines) is 1. The minimum atomic E-state index is -0.724. The summed E-state index contributed by atoms with van der Waals surface area (Å²) in [5, 5.41) is 15.3. The van der Waals surface area contributed by atoms with Crippen LogP contribution in [0.2, 0.25) is 0 Å². The van der Waals surface area contributed by atoms with Gasteiger partial charge in [0.2, 0.25) is 0 Å². The van der Waals surface area contributed by atoms with Crippen molar-refractivity contribution in [3.63, 3.8) is 0 Å². The second-order valence-corrected chi connectivity index (χ2v) is 7.94. The molecule has 0 saturated carbocycles. The highest BCUT2D eigenvalue weighted by molar-refractivity contribution is 5.98. The van der Waals surface area contributed by atoms with Crippen LogP contribution >= 0.6 is 0 Å². The third-order valence-corrected chi connectivity index (χ3v) is 4.90. The number of tetrazole rings is 1. The Morgan fingerprint density at radius 3 is 2.63 bits per heavy atom. The van der Waals surface area contributed by atoms with Crippen molar-refractivity contribution in [2.75, 3.05) is 13.1 Å². The van der Waals surface area contributed by atoms with Gasteiger partial charge in [0.15, 0.2) is 5.82 Å². The number of nitrogens with zero attached hydrogens (tertiary/aromatic N) is 5. The summed E-state index contributed by atoms with van der Waals surface area (Å²) in [6.45, 7) is 6.41. The fraction of sp³-hybridized carbons (Fsp3) is 0.500. The van der Waals surface area contributed by atoms with Crippen LogP contribution in [0.3, 0.4) is 0 Å². The molecule has 27 heavy (non-hydrogen) atoms. The maximum atomic E-state index is 12.8. The van der Waals surface area contributed by atoms with Crippen molar-refractivity contribution in [1.29, 1.82) is 0 Å². The van der Waals surface area contributed by atoms with Crippen LogP contribution in [0, 0.1) is 0 Å². The van der Waals surface area contributed by atoms with E-state index in [9.17, 15) is 9.59 Å². The van der Waals surface area contributed by atoms with E-state index >= 15 is 0 Å². The van der Waals surface area contributed by atoms with E-state index in [1.807, 2.05) is 39.0 Å². The topological polar surface area (TPSA) is 102 Å². The standard InChI is InChI=1S/C18H22N6O3/c1-17(2,3)27-16(26)23-10-8-18(9-11-23)15-20-21-22-24(15)13-7-5-4-6-12(13)14(25)19-18/h4-7H,8-11H2,1-3H3,(H,19,25). The van der Waals surface area contributed by atoms with E-state index in [0.717, 1.165) is 0 Å². The molecule has 0 bridgehead atoms. The molecule has 3 heterocycles. The second-order valence-electron chi connectivity index (χ2n) is 7.94. The van der Waals surface area contributed by atoms with Crippen molar-refractivity contribution in [2.45, 2.75) is 44.8 Å². The van der Waals surface area contributed by atoms with Crippen molar-refractivity contribution in [1.82, 2.24) is 30.4 Å². The van der Waals surface area contributed by atoms with E-state index in [1.54, 1.807) is 15.6 Å². The van der Waals surface area contributed by atoms with Gasteiger partial charge in [-0.15, -0.1) is 5.10 Å². The Morgan fingerprint density at radius 1 is 1.22 bits per heavy atom. The summed E-state index contributed by atoms with van der Waals surface area (Å²) in [7, 11) is 0. The number of piperidine rings is 1. The van der Waals surface area contributed by atoms with E-state index in [4.69, 9.17) is 4.74 Å². The highest BCUT2D eigenvalue weighted by Gasteiger charge is 2.46. The van der Waals surface area contributed by atoms with Gasteiger partial charge in [-0.3, -0.25) is 4.79 Å². The fourth-order valence-electron chi connectivity index (χ4n) is 3.58. The van der Waals surface area contributed by atoms with Crippen LogP contribution in [0.4, 0.5) is 4.79 Å². The summed E-state index contributed by atoms with van der Waals surface area (Å²) in [5.41, 5.74) is -0.0916. The number of fused-ring (bicyclic) bond motifs is 4. The maximum Gasteiger partial charge on any atom is 0.410 e. The minimum absolute atomic E-state index is 0.177. The first-order valence-electron chi connectivity index (χ1n) is 8.98. The van der Waals surface area contributed by atoms with E-state index in [-0.39, 0.29) is 12.0 Å². The molecule has 142 valence electrons. The lowest BCUT2D eigenvalue weighted by Gasteiger charge is -2.40. The Bertz CT molecular complexity index is 892. The van der Waals surface area contributed by atoms with Crippen molar-refractivity contribution in [2.24, 2.45) is 0 Å². The number of hydrogen-bond donors (Lipinski definition) is 1. The molecular formula is C18H22N6O3. The highest BCUT2D eigenvalue weighted by Crippen LogP contribution is 2.36. The Balaban J connectivity index is 1.63. The maximum absolute atomic E-state index is 12.8. The van der Waals surface area contributed by atoms with Crippen molar-refractivity contribution in [3.8, 4) is 5.69 Å². The summed E-state index contributed by atoms with van der Waals surface area (Å²) < 4.78 is 7.08. The number of benzene rings is 1. The molecule has 4 rings (SSSR count). The first-order valence-corrected chi connectivity index (χ1v) is 8.98. The average Bonchev–Trinajstić information content (AvgIpc) is 3.08. The molecule has 9 heteroatoms. The Labute approximate surface area is 156 Å². The molecule has 1 aromatic carbocycles. The van der Waals surface area contributed by atoms with E-state index in [0.29, 0.717) is 43.0 Å². The van der Waals surface area contributed by atoms with Gasteiger partial charge in [0.1, 0.15) is 11.1 Å². The molecule has 0 unspecified atom stereocenters. The average molecular weight is 370 g/mol. The molecule has 9 nitrogen and oxygen atoms in total. The first-order chi connectivity index (χ1) is 12.8. The lowest BCUT2D eigenvalue weighted by Crippen LogP contribution is -2.54. The van der Waals surface area contributed by atoms with Crippen LogP contribution in [-0.2, 0) is 10.3 Å². The Kier molecular flexibility index (Phi) is 3.90. The van der Waals surface area contributed by atoms with Gasteiger partial charge >= 0.3 is 6.09 Å². The number of carbonyl (C=O) groups excluding carboxylic acids is 2. The number of aromatic nitrogens is 4. The van der Waals surface area contributed by atoms with Gasteiger partial charge in [-0.25, -0.2) is 4.79 Å². The summed E-state index contributed by atoms with van der Waals surface area (Å²) >= 11 is 0. The molecule has 2 aliphatic rings. The summed E-state index contributed by atoms with van der Waals surface area (Å²) in [6.07, 6.45) is 0.666. The number of ether oxygens (including phenoxy) is 1. The largest absolute Gasteiger partial charge is 0.444 e. The van der Waals surface area contributed by atoms with Crippen LogP contribution in [0.1, 0.15) is 49.8 Å². The number of hydrogen-bond acceptors (Lipinski definition) is 6. The fourth-order valence-corrected chi connectivity index (χ4v) is 3.58. The van der Waals surface area contributed by atoms with Crippen LogP contribution < -0.4 is 5.32 Å². The third-order valence-electron chi connectivity index (χ3n) is 4.90. The van der Waals surface area contributed by atoms with Crippen molar-refractivity contribution in [3.05, 3.63) is 35.7 Å². The minimum Gasteiger partial charge on any atom is -0.444 e. The predicted octanol–water partition coefficient (Wildman–Crippen LogP) is 1.63. The van der Waals surface area contributed by atoms with Crippen molar-refractivity contribution >= 4 is 12.0 Å². The second kappa shape index (κ2) is 6.04. The molecule has 1 aromatic heterocycles. The monoisotopic (exact) mass is 370 g/mol. The van der Waals surface area contributed by atoms with Gasteiger partial charge in [0.05, 0.1) is 11.3 Å². The smallest absolute Gasteiger partial charge is 0.410 e. The molecule has 1 N–H and O–H groups in total. The molecule has 1 saturated heterocycles. The molecule has 2 aliphatic heterocycles. The number of amides is 2. The SMILES string of the molecule is CC(C)(C)OC(=O)N1CCC2(CC1)NC(=O)c1ccccc1-n1nnnc12.